The van der Waals surface area contributed by atoms with Crippen molar-refractivity contribution in [1.82, 2.24) is 0 Å². The summed E-state index contributed by atoms with van der Waals surface area (Å²) in [7, 11) is 0. The number of rotatable bonds is 4. The van der Waals surface area contributed by atoms with E-state index in [4.69, 9.17) is 10.00 Å². The Balaban J connectivity index is 2.24. The topological polar surface area (TPSA) is 70.3 Å². The number of nitrogens with zero attached hydrogens (tertiary/aromatic N) is 1. The second-order valence-electron chi connectivity index (χ2n) is 4.31. The van der Waals surface area contributed by atoms with Crippen LogP contribution in [0, 0.1) is 11.3 Å². The first-order valence-electron chi connectivity index (χ1n) is 6.06. The van der Waals surface area contributed by atoms with Crippen molar-refractivity contribution in [1.29, 1.82) is 5.26 Å². The van der Waals surface area contributed by atoms with Gasteiger partial charge in [-0.15, -0.1) is 0 Å². The molecular weight excluding hydrogens is 254 g/mol. The van der Waals surface area contributed by atoms with E-state index in [2.05, 4.69) is 0 Å². The predicted octanol–water partition coefficient (Wildman–Crippen LogP) is 3.05. The van der Waals surface area contributed by atoms with Gasteiger partial charge in [-0.25, -0.2) is 0 Å². The van der Waals surface area contributed by atoms with Crippen LogP contribution in [0.2, 0.25) is 0 Å². The lowest BCUT2D eigenvalue weighted by atomic mass is 10.0. The van der Waals surface area contributed by atoms with Crippen molar-refractivity contribution in [2.75, 3.05) is 0 Å². The van der Waals surface area contributed by atoms with Crippen LogP contribution >= 0.6 is 0 Å². The standard InChI is InChI=1S/C16H13NO3/c1-11(18)16-13(9-17)7-14(8-15(16)19)20-10-12-5-3-2-4-6-12/h2-8,19H,10H2,1H3. The molecule has 0 aromatic heterocycles. The maximum Gasteiger partial charge on any atom is 0.164 e. The molecule has 0 fully saturated rings. The van der Waals surface area contributed by atoms with Crippen LogP contribution in [0.4, 0.5) is 0 Å². The number of aromatic hydroxyl groups is 1. The molecule has 100 valence electrons. The molecule has 2 aromatic rings. The van der Waals surface area contributed by atoms with Crippen molar-refractivity contribution in [2.45, 2.75) is 13.5 Å². The molecule has 0 heterocycles. The third kappa shape index (κ3) is 2.96. The molecule has 0 unspecified atom stereocenters. The van der Waals surface area contributed by atoms with Crippen LogP contribution in [-0.2, 0) is 6.61 Å². The maximum atomic E-state index is 11.4. The molecule has 4 heteroatoms. The highest BCUT2D eigenvalue weighted by atomic mass is 16.5. The fourth-order valence-corrected chi connectivity index (χ4v) is 1.88. The first kappa shape index (κ1) is 13.6. The second kappa shape index (κ2) is 5.89. The molecule has 0 aliphatic rings. The van der Waals surface area contributed by atoms with Gasteiger partial charge in [-0.1, -0.05) is 30.3 Å². The molecule has 0 aliphatic heterocycles. The Bertz CT molecular complexity index is 672. The van der Waals surface area contributed by atoms with Gasteiger partial charge in [0, 0.05) is 6.07 Å². The molecule has 0 saturated carbocycles. The summed E-state index contributed by atoms with van der Waals surface area (Å²) in [5.74, 6) is -0.235. The monoisotopic (exact) mass is 267 g/mol. The van der Waals surface area contributed by atoms with Gasteiger partial charge in [0.25, 0.3) is 0 Å². The van der Waals surface area contributed by atoms with E-state index in [9.17, 15) is 9.90 Å². The highest BCUT2D eigenvalue weighted by molar-refractivity contribution is 5.99. The van der Waals surface area contributed by atoms with Crippen molar-refractivity contribution < 1.29 is 14.6 Å². The van der Waals surface area contributed by atoms with Crippen molar-refractivity contribution in [3.05, 3.63) is 59.2 Å². The van der Waals surface area contributed by atoms with E-state index in [1.54, 1.807) is 0 Å². The summed E-state index contributed by atoms with van der Waals surface area (Å²) in [6, 6.07) is 14.2. The first-order valence-corrected chi connectivity index (χ1v) is 6.06. The van der Waals surface area contributed by atoms with Crippen LogP contribution < -0.4 is 4.74 Å². The largest absolute Gasteiger partial charge is 0.507 e. The smallest absolute Gasteiger partial charge is 0.164 e. The summed E-state index contributed by atoms with van der Waals surface area (Å²) in [6.07, 6.45) is 0. The van der Waals surface area contributed by atoms with Crippen molar-refractivity contribution in [2.24, 2.45) is 0 Å². The molecule has 0 radical (unpaired) electrons. The van der Waals surface area contributed by atoms with Crippen LogP contribution in [0.1, 0.15) is 28.4 Å². The number of carbonyl (C=O) groups excluding carboxylic acids is 1. The van der Waals surface area contributed by atoms with E-state index in [0.717, 1.165) is 5.56 Å². The van der Waals surface area contributed by atoms with Gasteiger partial charge < -0.3 is 9.84 Å². The number of ether oxygens (including phenoxy) is 1. The van der Waals surface area contributed by atoms with E-state index >= 15 is 0 Å². The summed E-state index contributed by atoms with van der Waals surface area (Å²) in [5.41, 5.74) is 1.11. The van der Waals surface area contributed by atoms with E-state index in [1.807, 2.05) is 36.4 Å². The van der Waals surface area contributed by atoms with Crippen molar-refractivity contribution in [3.8, 4) is 17.6 Å². The zero-order valence-electron chi connectivity index (χ0n) is 11.0. The number of benzene rings is 2. The molecule has 0 aliphatic carbocycles. The van der Waals surface area contributed by atoms with Crippen LogP contribution in [0.15, 0.2) is 42.5 Å². The number of phenols is 1. The van der Waals surface area contributed by atoms with Gasteiger partial charge in [0.15, 0.2) is 5.78 Å². The number of Topliss-reactive ketones (excluding diaryl/α,β-unsaturated/α-hetero) is 1. The minimum atomic E-state index is -0.353. The van der Waals surface area contributed by atoms with Gasteiger partial charge in [-0.3, -0.25) is 4.79 Å². The highest BCUT2D eigenvalue weighted by Gasteiger charge is 2.15. The Morgan fingerprint density at radius 3 is 2.60 bits per heavy atom. The fraction of sp³-hybridized carbons (Fsp3) is 0.125. The fourth-order valence-electron chi connectivity index (χ4n) is 1.88. The summed E-state index contributed by atoms with van der Waals surface area (Å²) < 4.78 is 5.53. The number of nitriles is 1. The average molecular weight is 267 g/mol. The number of carbonyl (C=O) groups is 1. The Kier molecular flexibility index (Phi) is 4.02. The zero-order valence-corrected chi connectivity index (χ0v) is 11.0. The van der Waals surface area contributed by atoms with E-state index < -0.39 is 0 Å². The summed E-state index contributed by atoms with van der Waals surface area (Å²) in [6.45, 7) is 1.63. The lowest BCUT2D eigenvalue weighted by Gasteiger charge is -2.09. The van der Waals surface area contributed by atoms with E-state index in [1.165, 1.54) is 19.1 Å². The number of phenolic OH excluding ortho intramolecular Hbond substituents is 1. The second-order valence-corrected chi connectivity index (χ2v) is 4.31. The Labute approximate surface area is 116 Å². The van der Waals surface area contributed by atoms with Crippen LogP contribution in [0.3, 0.4) is 0 Å². The van der Waals surface area contributed by atoms with Crippen molar-refractivity contribution in [3.63, 3.8) is 0 Å². The Morgan fingerprint density at radius 2 is 2.00 bits per heavy atom. The van der Waals surface area contributed by atoms with Crippen LogP contribution in [-0.4, -0.2) is 10.9 Å². The molecule has 2 aromatic carbocycles. The van der Waals surface area contributed by atoms with E-state index in [-0.39, 0.29) is 22.7 Å². The van der Waals surface area contributed by atoms with Gasteiger partial charge in [0.05, 0.1) is 11.1 Å². The Hall–Kier alpha value is -2.80. The minimum Gasteiger partial charge on any atom is -0.507 e. The molecule has 0 saturated heterocycles. The van der Waals surface area contributed by atoms with Crippen LogP contribution in [0.25, 0.3) is 0 Å². The SMILES string of the molecule is CC(=O)c1c(O)cc(OCc2ccccc2)cc1C#N. The van der Waals surface area contributed by atoms with Crippen LogP contribution in [0.5, 0.6) is 11.5 Å². The molecule has 20 heavy (non-hydrogen) atoms. The lowest BCUT2D eigenvalue weighted by molar-refractivity contribution is 0.101. The highest BCUT2D eigenvalue weighted by Crippen LogP contribution is 2.28. The number of hydrogen-bond donors (Lipinski definition) is 1. The molecule has 0 spiro atoms. The van der Waals surface area contributed by atoms with Gasteiger partial charge >= 0.3 is 0 Å². The van der Waals surface area contributed by atoms with Gasteiger partial charge in [-0.05, 0) is 18.6 Å². The molecule has 4 nitrogen and oxygen atoms in total. The normalized spacial score (nSPS) is 9.80. The molecule has 2 rings (SSSR count). The molecule has 0 amide bonds. The maximum absolute atomic E-state index is 11.4. The molecular formula is C16H13NO3. The predicted molar refractivity (Wildman–Crippen MR) is 73.6 cm³/mol. The van der Waals surface area contributed by atoms with Crippen molar-refractivity contribution >= 4 is 5.78 Å². The molecule has 0 bridgehead atoms. The third-order valence-corrected chi connectivity index (χ3v) is 2.81. The van der Waals surface area contributed by atoms with E-state index in [0.29, 0.717) is 12.4 Å². The summed E-state index contributed by atoms with van der Waals surface area (Å²) in [5, 5.41) is 18.9. The molecule has 0 atom stereocenters. The number of ketones is 1. The summed E-state index contributed by atoms with van der Waals surface area (Å²) >= 11 is 0. The van der Waals surface area contributed by atoms with Gasteiger partial charge in [0.2, 0.25) is 0 Å². The van der Waals surface area contributed by atoms with Gasteiger partial charge in [-0.2, -0.15) is 5.26 Å². The zero-order chi connectivity index (χ0) is 14.5. The first-order chi connectivity index (χ1) is 9.61. The van der Waals surface area contributed by atoms with Gasteiger partial charge in [0.1, 0.15) is 24.2 Å². The summed E-state index contributed by atoms with van der Waals surface area (Å²) in [4.78, 5) is 11.4. The lowest BCUT2D eigenvalue weighted by Crippen LogP contribution is -2.00. The average Bonchev–Trinajstić information content (AvgIpc) is 2.45. The number of hydrogen-bond acceptors (Lipinski definition) is 4. The Morgan fingerprint density at radius 1 is 1.30 bits per heavy atom. The minimum absolute atomic E-state index is 0.0274. The quantitative estimate of drug-likeness (QED) is 0.864. The molecule has 1 N–H and O–H groups in total. The third-order valence-electron chi connectivity index (χ3n) is 2.81.